The second-order valence-electron chi connectivity index (χ2n) is 8.67. The van der Waals surface area contributed by atoms with Gasteiger partial charge in [0.25, 0.3) is 0 Å². The monoisotopic (exact) mass is 446 g/mol. The Morgan fingerprint density at radius 3 is 2.30 bits per heavy atom. The molecule has 3 heteroatoms. The lowest BCUT2D eigenvalue weighted by Crippen LogP contribution is -2.16. The molecular weight excluding hydrogens is 420 g/mol. The molecule has 1 unspecified atom stereocenters. The average molecular weight is 447 g/mol. The third kappa shape index (κ3) is 4.12. The number of fused-ring (bicyclic) bond motifs is 3. The van der Waals surface area contributed by atoms with Gasteiger partial charge in [0.05, 0.1) is 0 Å². The Balaban J connectivity index is 1.31. The molecule has 0 aliphatic heterocycles. The zero-order valence-electron chi connectivity index (χ0n) is 18.4. The van der Waals surface area contributed by atoms with E-state index in [1.807, 2.05) is 11.3 Å². The molecule has 6 rings (SSSR count). The van der Waals surface area contributed by atoms with Crippen molar-refractivity contribution in [2.24, 2.45) is 0 Å². The molecular formula is C30H26N2S. The summed E-state index contributed by atoms with van der Waals surface area (Å²) >= 11 is 1.89. The van der Waals surface area contributed by atoms with Crippen molar-refractivity contribution in [1.29, 1.82) is 0 Å². The minimum absolute atomic E-state index is 0.312. The van der Waals surface area contributed by atoms with Gasteiger partial charge in [-0.2, -0.15) is 0 Å². The summed E-state index contributed by atoms with van der Waals surface area (Å²) < 4.78 is 1.37. The Hall–Kier alpha value is -3.56. The fourth-order valence-corrected chi connectivity index (χ4v) is 5.97. The molecule has 0 saturated carbocycles. The maximum absolute atomic E-state index is 3.76. The minimum atomic E-state index is 0.312. The van der Waals surface area contributed by atoms with Crippen LogP contribution in [0.15, 0.2) is 108 Å². The molecule has 3 aromatic carbocycles. The predicted octanol–water partition coefficient (Wildman–Crippen LogP) is 8.34. The fourth-order valence-electron chi connectivity index (χ4n) is 4.78. The molecule has 1 aromatic heterocycles. The van der Waals surface area contributed by atoms with Crippen molar-refractivity contribution in [3.8, 4) is 0 Å². The molecule has 0 bridgehead atoms. The van der Waals surface area contributed by atoms with Crippen molar-refractivity contribution in [1.82, 2.24) is 0 Å². The topological polar surface area (TPSA) is 24.1 Å². The van der Waals surface area contributed by atoms with Gasteiger partial charge in [-0.1, -0.05) is 60.7 Å². The van der Waals surface area contributed by atoms with Gasteiger partial charge in [0.2, 0.25) is 0 Å². The van der Waals surface area contributed by atoms with Crippen LogP contribution < -0.4 is 10.6 Å². The van der Waals surface area contributed by atoms with Gasteiger partial charge >= 0.3 is 0 Å². The predicted molar refractivity (Wildman–Crippen MR) is 143 cm³/mol. The Labute approximate surface area is 199 Å². The SMILES string of the molecule is C1=CC(Nc2ccc(NC3=Cc4sc5ccccc5c4CC3c3ccccc3)cc2)=CCC1. The molecule has 4 aromatic rings. The van der Waals surface area contributed by atoms with Crippen LogP contribution in [-0.2, 0) is 6.42 Å². The number of benzene rings is 3. The smallest absolute Gasteiger partial charge is 0.0385 e. The second-order valence-corrected chi connectivity index (χ2v) is 9.76. The van der Waals surface area contributed by atoms with Crippen molar-refractivity contribution in [3.05, 3.63) is 124 Å². The number of hydrogen-bond donors (Lipinski definition) is 2. The molecule has 2 aliphatic carbocycles. The highest BCUT2D eigenvalue weighted by Gasteiger charge is 2.26. The first kappa shape index (κ1) is 20.1. The molecule has 33 heavy (non-hydrogen) atoms. The average Bonchev–Trinajstić information content (AvgIpc) is 3.23. The fraction of sp³-hybridized carbons (Fsp3) is 0.133. The third-order valence-electron chi connectivity index (χ3n) is 6.46. The number of nitrogens with one attached hydrogen (secondary N) is 2. The van der Waals surface area contributed by atoms with Gasteiger partial charge in [-0.05, 0) is 78.3 Å². The molecule has 2 aliphatic rings. The number of rotatable bonds is 5. The van der Waals surface area contributed by atoms with E-state index < -0.39 is 0 Å². The Morgan fingerprint density at radius 1 is 0.758 bits per heavy atom. The van der Waals surface area contributed by atoms with E-state index in [9.17, 15) is 0 Å². The van der Waals surface area contributed by atoms with Crippen LogP contribution in [-0.4, -0.2) is 0 Å². The highest BCUT2D eigenvalue weighted by molar-refractivity contribution is 7.20. The van der Waals surface area contributed by atoms with E-state index in [-0.39, 0.29) is 0 Å². The van der Waals surface area contributed by atoms with Crippen LogP contribution in [0, 0.1) is 0 Å². The summed E-state index contributed by atoms with van der Waals surface area (Å²) in [5.74, 6) is 0.312. The molecule has 0 spiro atoms. The minimum Gasteiger partial charge on any atom is -0.358 e. The molecule has 0 amide bonds. The summed E-state index contributed by atoms with van der Waals surface area (Å²) in [7, 11) is 0. The molecule has 1 heterocycles. The number of anilines is 2. The second kappa shape index (κ2) is 8.76. The lowest BCUT2D eigenvalue weighted by Gasteiger charge is -2.26. The Bertz CT molecular complexity index is 1370. The van der Waals surface area contributed by atoms with Crippen molar-refractivity contribution in [3.63, 3.8) is 0 Å². The highest BCUT2D eigenvalue weighted by atomic mass is 32.1. The summed E-state index contributed by atoms with van der Waals surface area (Å²) in [6, 6.07) is 28.3. The Kier molecular flexibility index (Phi) is 5.33. The summed E-state index contributed by atoms with van der Waals surface area (Å²) in [5, 5.41) is 8.66. The molecule has 2 N–H and O–H groups in total. The summed E-state index contributed by atoms with van der Waals surface area (Å²) in [6.45, 7) is 0. The molecule has 0 radical (unpaired) electrons. The molecule has 2 nitrogen and oxygen atoms in total. The maximum atomic E-state index is 3.76. The van der Waals surface area contributed by atoms with Gasteiger partial charge in [0, 0.05) is 38.3 Å². The third-order valence-corrected chi connectivity index (χ3v) is 7.62. The highest BCUT2D eigenvalue weighted by Crippen LogP contribution is 2.43. The van der Waals surface area contributed by atoms with Crippen LogP contribution in [0.3, 0.4) is 0 Å². The normalized spacial score (nSPS) is 17.3. The summed E-state index contributed by atoms with van der Waals surface area (Å²) in [5.41, 5.74) is 7.50. The van der Waals surface area contributed by atoms with Crippen molar-refractivity contribution >= 4 is 38.9 Å². The largest absolute Gasteiger partial charge is 0.358 e. The lowest BCUT2D eigenvalue weighted by molar-refractivity contribution is 0.790. The molecule has 0 fully saturated rings. The van der Waals surface area contributed by atoms with Crippen LogP contribution in [0.2, 0.25) is 0 Å². The van der Waals surface area contributed by atoms with E-state index in [1.54, 1.807) is 0 Å². The first-order valence-electron chi connectivity index (χ1n) is 11.6. The quantitative estimate of drug-likeness (QED) is 0.322. The molecule has 162 valence electrons. The lowest BCUT2D eigenvalue weighted by atomic mass is 9.84. The number of allylic oxidation sites excluding steroid dienone is 4. The summed E-state index contributed by atoms with van der Waals surface area (Å²) in [4.78, 5) is 1.38. The van der Waals surface area contributed by atoms with Gasteiger partial charge < -0.3 is 10.6 Å². The van der Waals surface area contributed by atoms with E-state index in [4.69, 9.17) is 0 Å². The van der Waals surface area contributed by atoms with Crippen molar-refractivity contribution in [2.45, 2.75) is 25.2 Å². The maximum Gasteiger partial charge on any atom is 0.0385 e. The first-order chi connectivity index (χ1) is 16.3. The van der Waals surface area contributed by atoms with Crippen LogP contribution in [0.25, 0.3) is 16.2 Å². The zero-order chi connectivity index (χ0) is 22.0. The number of thiophene rings is 1. The van der Waals surface area contributed by atoms with Gasteiger partial charge in [-0.15, -0.1) is 11.3 Å². The van der Waals surface area contributed by atoms with Crippen molar-refractivity contribution in [2.75, 3.05) is 10.6 Å². The van der Waals surface area contributed by atoms with Crippen LogP contribution in [0.5, 0.6) is 0 Å². The van der Waals surface area contributed by atoms with Crippen LogP contribution in [0.1, 0.15) is 34.8 Å². The van der Waals surface area contributed by atoms with Gasteiger partial charge in [0.1, 0.15) is 0 Å². The first-order valence-corrected chi connectivity index (χ1v) is 12.4. The van der Waals surface area contributed by atoms with Gasteiger partial charge in [-0.3, -0.25) is 0 Å². The van der Waals surface area contributed by atoms with Crippen LogP contribution >= 0.6 is 11.3 Å². The summed E-state index contributed by atoms with van der Waals surface area (Å²) in [6.07, 6.45) is 12.3. The van der Waals surface area contributed by atoms with E-state index >= 15 is 0 Å². The van der Waals surface area contributed by atoms with Gasteiger partial charge in [0.15, 0.2) is 0 Å². The van der Waals surface area contributed by atoms with E-state index in [0.29, 0.717) is 5.92 Å². The van der Waals surface area contributed by atoms with Crippen molar-refractivity contribution < 1.29 is 0 Å². The van der Waals surface area contributed by atoms with E-state index in [0.717, 1.165) is 30.6 Å². The number of hydrogen-bond acceptors (Lipinski definition) is 3. The van der Waals surface area contributed by atoms with Gasteiger partial charge in [-0.25, -0.2) is 0 Å². The van der Waals surface area contributed by atoms with E-state index in [1.165, 1.54) is 37.5 Å². The Morgan fingerprint density at radius 2 is 1.52 bits per heavy atom. The standard InChI is InChI=1S/C30H26N2S/c1-3-9-21(10-4-1)26-19-27-25-13-7-8-14-29(25)33-30(27)20-28(26)32-24-17-15-23(16-18-24)31-22-11-5-2-6-12-22/h1,3-5,7-18,20,26,31-32H,2,6,19H2. The zero-order valence-corrected chi connectivity index (χ0v) is 19.2. The van der Waals surface area contributed by atoms with Crippen LogP contribution in [0.4, 0.5) is 11.4 Å². The molecule has 1 atom stereocenters. The molecule has 0 saturated heterocycles. The van der Waals surface area contributed by atoms with E-state index in [2.05, 4.69) is 114 Å².